The van der Waals surface area contributed by atoms with Crippen molar-refractivity contribution < 1.29 is 9.53 Å². The van der Waals surface area contributed by atoms with Gasteiger partial charge in [0.05, 0.1) is 35.5 Å². The van der Waals surface area contributed by atoms with E-state index in [0.29, 0.717) is 30.2 Å². The van der Waals surface area contributed by atoms with Gasteiger partial charge < -0.3 is 15.4 Å². The summed E-state index contributed by atoms with van der Waals surface area (Å²) in [5.41, 5.74) is 10.8. The van der Waals surface area contributed by atoms with Gasteiger partial charge in [-0.25, -0.2) is 4.98 Å². The number of nitrogens with zero attached hydrogens (tertiary/aromatic N) is 4. The molecule has 1 aliphatic heterocycles. The minimum absolute atomic E-state index is 0.395. The molecule has 1 saturated heterocycles. The molecule has 2 fully saturated rings. The Hall–Kier alpha value is -3.45. The number of amides is 1. The van der Waals surface area contributed by atoms with Crippen LogP contribution in [0.25, 0.3) is 27.6 Å². The van der Waals surface area contributed by atoms with Gasteiger partial charge in [-0.05, 0) is 37.1 Å². The van der Waals surface area contributed by atoms with E-state index in [1.807, 2.05) is 36.5 Å². The van der Waals surface area contributed by atoms with Gasteiger partial charge in [0.1, 0.15) is 11.3 Å². The van der Waals surface area contributed by atoms with E-state index in [0.717, 1.165) is 59.5 Å². The van der Waals surface area contributed by atoms with Crippen molar-refractivity contribution in [3.8, 4) is 5.69 Å². The second-order valence-corrected chi connectivity index (χ2v) is 8.25. The fourth-order valence-electron chi connectivity index (χ4n) is 4.52. The standard InChI is InChI=1S/C24H23N5O2/c25-23(30)18-13-16(28-9-11-31-12-10-28)14-21-22(18)27-24(15-5-6-15)29(21)20-7-8-26-19-4-2-1-3-17(19)20/h1-4,7-8,13-15H,5-6,9-12H2,(H2,25,30). The molecule has 2 aromatic carbocycles. The molecule has 0 radical (unpaired) electrons. The number of primary amides is 1. The van der Waals surface area contributed by atoms with Crippen molar-refractivity contribution in [2.45, 2.75) is 18.8 Å². The Balaban J connectivity index is 1.67. The SMILES string of the molecule is NC(=O)c1cc(N2CCOCC2)cc2c1nc(C1CC1)n2-c1ccnc2ccccc12. The molecule has 0 unspecified atom stereocenters. The molecular weight excluding hydrogens is 390 g/mol. The van der Waals surface area contributed by atoms with Gasteiger partial charge >= 0.3 is 0 Å². The predicted molar refractivity (Wildman–Crippen MR) is 120 cm³/mol. The average molecular weight is 413 g/mol. The lowest BCUT2D eigenvalue weighted by Crippen LogP contribution is -2.36. The normalized spacial score (nSPS) is 16.8. The lowest BCUT2D eigenvalue weighted by Gasteiger charge is -2.29. The van der Waals surface area contributed by atoms with Crippen LogP contribution in [0.3, 0.4) is 0 Å². The number of pyridine rings is 1. The van der Waals surface area contributed by atoms with Crippen molar-refractivity contribution in [2.75, 3.05) is 31.2 Å². The number of anilines is 1. The number of para-hydroxylation sites is 1. The fraction of sp³-hybridized carbons (Fsp3) is 0.292. The molecule has 7 heteroatoms. The highest BCUT2D eigenvalue weighted by Crippen LogP contribution is 2.43. The molecule has 3 heterocycles. The number of rotatable bonds is 4. The number of benzene rings is 2. The zero-order chi connectivity index (χ0) is 20.9. The maximum absolute atomic E-state index is 12.4. The molecule has 156 valence electrons. The molecule has 31 heavy (non-hydrogen) atoms. The zero-order valence-electron chi connectivity index (χ0n) is 17.1. The number of carbonyl (C=O) groups excluding carboxylic acids is 1. The lowest BCUT2D eigenvalue weighted by molar-refractivity contribution is 0.100. The third kappa shape index (κ3) is 3.04. The minimum Gasteiger partial charge on any atom is -0.378 e. The summed E-state index contributed by atoms with van der Waals surface area (Å²) in [4.78, 5) is 24.2. The summed E-state index contributed by atoms with van der Waals surface area (Å²) in [6.45, 7) is 2.91. The van der Waals surface area contributed by atoms with Crippen molar-refractivity contribution in [3.63, 3.8) is 0 Å². The third-order valence-electron chi connectivity index (χ3n) is 6.22. The zero-order valence-corrected chi connectivity index (χ0v) is 17.1. The molecular formula is C24H23N5O2. The van der Waals surface area contributed by atoms with Gasteiger partial charge in [-0.1, -0.05) is 18.2 Å². The van der Waals surface area contributed by atoms with Crippen molar-refractivity contribution in [1.29, 1.82) is 0 Å². The van der Waals surface area contributed by atoms with Crippen molar-refractivity contribution >= 4 is 33.5 Å². The van der Waals surface area contributed by atoms with E-state index in [2.05, 4.69) is 26.6 Å². The van der Waals surface area contributed by atoms with Gasteiger partial charge in [-0.15, -0.1) is 0 Å². The fourth-order valence-corrected chi connectivity index (χ4v) is 4.52. The van der Waals surface area contributed by atoms with Crippen LogP contribution < -0.4 is 10.6 Å². The average Bonchev–Trinajstić information content (AvgIpc) is 3.59. The molecule has 4 aromatic rings. The maximum atomic E-state index is 12.4. The quantitative estimate of drug-likeness (QED) is 0.554. The largest absolute Gasteiger partial charge is 0.378 e. The molecule has 1 saturated carbocycles. The molecule has 2 aromatic heterocycles. The summed E-state index contributed by atoms with van der Waals surface area (Å²) in [6.07, 6.45) is 4.05. The van der Waals surface area contributed by atoms with Gasteiger partial charge in [0.15, 0.2) is 0 Å². The summed E-state index contributed by atoms with van der Waals surface area (Å²) in [7, 11) is 0. The molecule has 2 aliphatic rings. The topological polar surface area (TPSA) is 86.3 Å². The number of hydrogen-bond donors (Lipinski definition) is 1. The minimum atomic E-state index is -0.452. The number of fused-ring (bicyclic) bond motifs is 2. The second-order valence-electron chi connectivity index (χ2n) is 8.25. The van der Waals surface area contributed by atoms with Crippen LogP contribution in [0, 0.1) is 0 Å². The highest BCUT2D eigenvalue weighted by molar-refractivity contribution is 6.06. The van der Waals surface area contributed by atoms with Crippen molar-refractivity contribution in [3.05, 3.63) is 60.0 Å². The van der Waals surface area contributed by atoms with E-state index in [-0.39, 0.29) is 0 Å². The Labute approximate surface area is 179 Å². The Kier molecular flexibility index (Phi) is 4.17. The summed E-state index contributed by atoms with van der Waals surface area (Å²) >= 11 is 0. The number of carbonyl (C=O) groups is 1. The number of aromatic nitrogens is 3. The van der Waals surface area contributed by atoms with Gasteiger partial charge in [0.2, 0.25) is 0 Å². The maximum Gasteiger partial charge on any atom is 0.251 e. The van der Waals surface area contributed by atoms with Crippen LogP contribution in [0.4, 0.5) is 5.69 Å². The number of hydrogen-bond acceptors (Lipinski definition) is 5. The van der Waals surface area contributed by atoms with Gasteiger partial charge in [0.25, 0.3) is 5.91 Å². The van der Waals surface area contributed by atoms with Gasteiger partial charge in [0, 0.05) is 36.3 Å². The van der Waals surface area contributed by atoms with E-state index in [9.17, 15) is 4.79 Å². The summed E-state index contributed by atoms with van der Waals surface area (Å²) in [5.74, 6) is 0.937. The number of morpholine rings is 1. The molecule has 0 spiro atoms. The Morgan fingerprint density at radius 3 is 2.68 bits per heavy atom. The number of ether oxygens (including phenoxy) is 1. The first-order valence-corrected chi connectivity index (χ1v) is 10.7. The monoisotopic (exact) mass is 413 g/mol. The summed E-state index contributed by atoms with van der Waals surface area (Å²) in [5, 5.41) is 1.06. The lowest BCUT2D eigenvalue weighted by atomic mass is 10.1. The van der Waals surface area contributed by atoms with Gasteiger partial charge in [-0.3, -0.25) is 14.3 Å². The van der Waals surface area contributed by atoms with Crippen LogP contribution in [0.2, 0.25) is 0 Å². The Morgan fingerprint density at radius 2 is 1.90 bits per heavy atom. The van der Waals surface area contributed by atoms with E-state index in [1.165, 1.54) is 0 Å². The molecule has 1 aliphatic carbocycles. The Morgan fingerprint density at radius 1 is 1.10 bits per heavy atom. The van der Waals surface area contributed by atoms with Crippen LogP contribution in [0.5, 0.6) is 0 Å². The molecule has 0 bridgehead atoms. The van der Waals surface area contributed by atoms with Crippen LogP contribution in [0.1, 0.15) is 34.9 Å². The Bertz CT molecular complexity index is 1310. The highest BCUT2D eigenvalue weighted by atomic mass is 16.5. The molecule has 2 N–H and O–H groups in total. The second kappa shape index (κ2) is 7.06. The summed E-state index contributed by atoms with van der Waals surface area (Å²) < 4.78 is 7.73. The predicted octanol–water partition coefficient (Wildman–Crippen LogP) is 3.39. The van der Waals surface area contributed by atoms with Crippen molar-refractivity contribution in [1.82, 2.24) is 14.5 Å². The number of nitrogens with two attached hydrogens (primary N) is 1. The first kappa shape index (κ1) is 18.3. The van der Waals surface area contributed by atoms with E-state index >= 15 is 0 Å². The van der Waals surface area contributed by atoms with Gasteiger partial charge in [-0.2, -0.15) is 0 Å². The van der Waals surface area contributed by atoms with E-state index < -0.39 is 5.91 Å². The first-order valence-electron chi connectivity index (χ1n) is 10.7. The smallest absolute Gasteiger partial charge is 0.251 e. The van der Waals surface area contributed by atoms with E-state index in [4.69, 9.17) is 15.5 Å². The van der Waals surface area contributed by atoms with Crippen LogP contribution in [-0.4, -0.2) is 46.7 Å². The highest BCUT2D eigenvalue weighted by Gasteiger charge is 2.32. The van der Waals surface area contributed by atoms with Crippen LogP contribution in [0.15, 0.2) is 48.7 Å². The van der Waals surface area contributed by atoms with Crippen LogP contribution in [-0.2, 0) is 4.74 Å². The molecule has 6 rings (SSSR count). The molecule has 1 amide bonds. The number of imidazole rings is 1. The van der Waals surface area contributed by atoms with Crippen molar-refractivity contribution in [2.24, 2.45) is 5.73 Å². The van der Waals surface area contributed by atoms with E-state index in [1.54, 1.807) is 0 Å². The first-order chi connectivity index (χ1) is 15.2. The summed E-state index contributed by atoms with van der Waals surface area (Å²) in [6, 6.07) is 14.2. The molecule has 7 nitrogen and oxygen atoms in total. The van der Waals surface area contributed by atoms with Crippen LogP contribution >= 0.6 is 0 Å². The molecule has 0 atom stereocenters. The third-order valence-corrected chi connectivity index (χ3v) is 6.22.